The Morgan fingerprint density at radius 2 is 2.00 bits per heavy atom. The van der Waals surface area contributed by atoms with Crippen LogP contribution in [0.4, 0.5) is 0 Å². The van der Waals surface area contributed by atoms with Crippen molar-refractivity contribution in [1.82, 2.24) is 19.9 Å². The Labute approximate surface area is 140 Å². The van der Waals surface area contributed by atoms with Crippen molar-refractivity contribution in [3.8, 4) is 5.75 Å². The summed E-state index contributed by atoms with van der Waals surface area (Å²) in [6.07, 6.45) is 1.73. The van der Waals surface area contributed by atoms with E-state index < -0.39 is 5.60 Å². The summed E-state index contributed by atoms with van der Waals surface area (Å²) >= 11 is 0. The number of rotatable bonds is 5. The number of amides is 1. The van der Waals surface area contributed by atoms with E-state index in [2.05, 4.69) is 10.3 Å². The predicted molar refractivity (Wildman–Crippen MR) is 87.6 cm³/mol. The molecule has 128 valence electrons. The fourth-order valence-electron chi connectivity index (χ4n) is 2.43. The minimum Gasteiger partial charge on any atom is -0.484 e. The summed E-state index contributed by atoms with van der Waals surface area (Å²) in [6.45, 7) is 6.51. The Hall–Kier alpha value is -2.41. The molecule has 0 saturated carbocycles. The maximum atomic E-state index is 12.1. The standard InChI is InChI=1S/C17H22N4O3/c1-12-4-6-14(7-5-12)24-11-16(22)20-8-13(9-20)21-10-15(18-19-21)17(2,3)23/h4-7,10,13,23H,8-9,11H2,1-3H3. The van der Waals surface area contributed by atoms with E-state index in [-0.39, 0.29) is 18.6 Å². The first-order chi connectivity index (χ1) is 11.3. The molecule has 0 radical (unpaired) electrons. The van der Waals surface area contributed by atoms with Gasteiger partial charge in [0.1, 0.15) is 17.0 Å². The van der Waals surface area contributed by atoms with E-state index >= 15 is 0 Å². The number of aliphatic hydroxyl groups is 1. The third kappa shape index (κ3) is 3.56. The number of carbonyl (C=O) groups is 1. The van der Waals surface area contributed by atoms with Crippen molar-refractivity contribution in [2.24, 2.45) is 0 Å². The van der Waals surface area contributed by atoms with Crippen molar-refractivity contribution in [2.45, 2.75) is 32.4 Å². The molecule has 1 saturated heterocycles. The van der Waals surface area contributed by atoms with Crippen LogP contribution in [0.5, 0.6) is 5.75 Å². The second-order valence-electron chi connectivity index (χ2n) is 6.70. The second kappa shape index (κ2) is 6.24. The lowest BCUT2D eigenvalue weighted by Crippen LogP contribution is -2.52. The summed E-state index contributed by atoms with van der Waals surface area (Å²) < 4.78 is 7.22. The highest BCUT2D eigenvalue weighted by atomic mass is 16.5. The molecule has 1 aliphatic rings. The van der Waals surface area contributed by atoms with Crippen molar-refractivity contribution < 1.29 is 14.6 Å². The van der Waals surface area contributed by atoms with Gasteiger partial charge >= 0.3 is 0 Å². The van der Waals surface area contributed by atoms with Crippen LogP contribution in [0.15, 0.2) is 30.5 Å². The fraction of sp³-hybridized carbons (Fsp3) is 0.471. The topological polar surface area (TPSA) is 80.5 Å². The first-order valence-corrected chi connectivity index (χ1v) is 7.95. The van der Waals surface area contributed by atoms with E-state index in [0.717, 1.165) is 5.56 Å². The molecule has 0 bridgehead atoms. The van der Waals surface area contributed by atoms with Gasteiger partial charge in [-0.1, -0.05) is 22.9 Å². The lowest BCUT2D eigenvalue weighted by molar-refractivity contribution is -0.139. The van der Waals surface area contributed by atoms with Gasteiger partial charge in [-0.3, -0.25) is 4.79 Å². The van der Waals surface area contributed by atoms with Crippen LogP contribution in [0.2, 0.25) is 0 Å². The third-order valence-electron chi connectivity index (χ3n) is 4.11. The summed E-state index contributed by atoms with van der Waals surface area (Å²) in [5.74, 6) is 0.645. The van der Waals surface area contributed by atoms with E-state index in [1.165, 1.54) is 0 Å². The molecule has 1 aromatic heterocycles. The Morgan fingerprint density at radius 3 is 2.58 bits per heavy atom. The van der Waals surface area contributed by atoms with Crippen LogP contribution < -0.4 is 4.74 Å². The molecule has 1 aliphatic heterocycles. The van der Waals surface area contributed by atoms with E-state index in [1.807, 2.05) is 31.2 Å². The molecule has 0 unspecified atom stereocenters. The molecular formula is C17H22N4O3. The van der Waals surface area contributed by atoms with Gasteiger partial charge in [0, 0.05) is 13.1 Å². The predicted octanol–water partition coefficient (Wildman–Crippen LogP) is 1.28. The zero-order valence-corrected chi connectivity index (χ0v) is 14.1. The number of nitrogens with zero attached hydrogens (tertiary/aromatic N) is 4. The molecule has 2 heterocycles. The molecule has 1 amide bonds. The van der Waals surface area contributed by atoms with Crippen LogP contribution in [-0.2, 0) is 10.4 Å². The molecule has 0 atom stereocenters. The van der Waals surface area contributed by atoms with Gasteiger partial charge in [0.05, 0.1) is 12.2 Å². The molecule has 3 rings (SSSR count). The second-order valence-corrected chi connectivity index (χ2v) is 6.70. The molecule has 7 heteroatoms. The average Bonchev–Trinajstić information content (AvgIpc) is 2.95. The molecule has 24 heavy (non-hydrogen) atoms. The molecule has 2 aromatic rings. The smallest absolute Gasteiger partial charge is 0.260 e. The SMILES string of the molecule is Cc1ccc(OCC(=O)N2CC(n3cc(C(C)(C)O)nn3)C2)cc1. The van der Waals surface area contributed by atoms with Crippen molar-refractivity contribution in [1.29, 1.82) is 0 Å². The maximum absolute atomic E-state index is 12.1. The van der Waals surface area contributed by atoms with Gasteiger partial charge in [-0.25, -0.2) is 4.68 Å². The summed E-state index contributed by atoms with van der Waals surface area (Å²) in [5, 5.41) is 17.9. The van der Waals surface area contributed by atoms with Crippen molar-refractivity contribution in [3.63, 3.8) is 0 Å². The van der Waals surface area contributed by atoms with Gasteiger partial charge in [-0.2, -0.15) is 0 Å². The fourth-order valence-corrected chi connectivity index (χ4v) is 2.43. The minimum atomic E-state index is -1.01. The van der Waals surface area contributed by atoms with Crippen molar-refractivity contribution >= 4 is 5.91 Å². The number of likely N-dealkylation sites (tertiary alicyclic amines) is 1. The lowest BCUT2D eigenvalue weighted by atomic mass is 10.1. The van der Waals surface area contributed by atoms with Gasteiger partial charge < -0.3 is 14.7 Å². The Balaban J connectivity index is 1.48. The number of benzene rings is 1. The first kappa shape index (κ1) is 16.4. The highest BCUT2D eigenvalue weighted by molar-refractivity contribution is 5.78. The summed E-state index contributed by atoms with van der Waals surface area (Å²) in [6, 6.07) is 7.70. The average molecular weight is 330 g/mol. The van der Waals surface area contributed by atoms with Gasteiger partial charge in [-0.15, -0.1) is 5.10 Å². The largest absolute Gasteiger partial charge is 0.484 e. The Kier molecular flexibility index (Phi) is 4.28. The number of carbonyl (C=O) groups excluding carboxylic acids is 1. The normalized spacial score (nSPS) is 15.2. The third-order valence-corrected chi connectivity index (χ3v) is 4.11. The van der Waals surface area contributed by atoms with E-state index in [9.17, 15) is 9.90 Å². The van der Waals surface area contributed by atoms with Crippen LogP contribution in [0.3, 0.4) is 0 Å². The van der Waals surface area contributed by atoms with Crippen LogP contribution in [0, 0.1) is 6.92 Å². The van der Waals surface area contributed by atoms with Gasteiger partial charge in [0.2, 0.25) is 0 Å². The number of aromatic nitrogens is 3. The zero-order chi connectivity index (χ0) is 17.3. The van der Waals surface area contributed by atoms with Crippen LogP contribution in [-0.4, -0.2) is 50.6 Å². The zero-order valence-electron chi connectivity index (χ0n) is 14.1. The lowest BCUT2D eigenvalue weighted by Gasteiger charge is -2.38. The monoisotopic (exact) mass is 330 g/mol. The van der Waals surface area contributed by atoms with Crippen LogP contribution in [0.1, 0.15) is 31.1 Å². The molecule has 1 fully saturated rings. The van der Waals surface area contributed by atoms with Gasteiger partial charge in [-0.05, 0) is 32.9 Å². The number of ether oxygens (including phenoxy) is 1. The first-order valence-electron chi connectivity index (χ1n) is 7.95. The van der Waals surface area contributed by atoms with E-state index in [1.54, 1.807) is 29.6 Å². The van der Waals surface area contributed by atoms with E-state index in [0.29, 0.717) is 24.5 Å². The quantitative estimate of drug-likeness (QED) is 0.893. The summed E-state index contributed by atoms with van der Waals surface area (Å²) in [5.41, 5.74) is 0.659. The molecule has 1 aromatic carbocycles. The minimum absolute atomic E-state index is 0.0298. The number of aryl methyl sites for hydroxylation is 1. The van der Waals surface area contributed by atoms with E-state index in [4.69, 9.17) is 4.74 Å². The maximum Gasteiger partial charge on any atom is 0.260 e. The molecule has 0 spiro atoms. The van der Waals surface area contributed by atoms with Crippen LogP contribution >= 0.6 is 0 Å². The van der Waals surface area contributed by atoms with Crippen molar-refractivity contribution in [3.05, 3.63) is 41.7 Å². The molecule has 0 aliphatic carbocycles. The molecule has 1 N–H and O–H groups in total. The van der Waals surface area contributed by atoms with Gasteiger partial charge in [0.15, 0.2) is 6.61 Å². The summed E-state index contributed by atoms with van der Waals surface area (Å²) in [4.78, 5) is 13.8. The highest BCUT2D eigenvalue weighted by Gasteiger charge is 2.33. The highest BCUT2D eigenvalue weighted by Crippen LogP contribution is 2.23. The van der Waals surface area contributed by atoms with Gasteiger partial charge in [0.25, 0.3) is 5.91 Å². The molecule has 7 nitrogen and oxygen atoms in total. The Bertz CT molecular complexity index is 712. The summed E-state index contributed by atoms with van der Waals surface area (Å²) in [7, 11) is 0. The number of hydrogen-bond donors (Lipinski definition) is 1. The Morgan fingerprint density at radius 1 is 1.33 bits per heavy atom. The molecular weight excluding hydrogens is 308 g/mol. The van der Waals surface area contributed by atoms with Crippen LogP contribution in [0.25, 0.3) is 0 Å². The van der Waals surface area contributed by atoms with Crippen molar-refractivity contribution in [2.75, 3.05) is 19.7 Å². The number of hydrogen-bond acceptors (Lipinski definition) is 5.